The molecule has 1 N–H and O–H groups in total. The lowest BCUT2D eigenvalue weighted by Crippen LogP contribution is -2.53. The van der Waals surface area contributed by atoms with Gasteiger partial charge in [0.15, 0.2) is 11.5 Å². The number of rotatable bonds is 8. The fraction of sp³-hybridized carbons (Fsp3) is 0.267. The van der Waals surface area contributed by atoms with Crippen LogP contribution in [0.3, 0.4) is 0 Å². The van der Waals surface area contributed by atoms with Crippen molar-refractivity contribution in [3.8, 4) is 11.5 Å². The number of anilines is 2. The summed E-state index contributed by atoms with van der Waals surface area (Å²) in [4.78, 5) is 55.6. The smallest absolute Gasteiger partial charge is 0.299 e. The molecule has 0 saturated heterocycles. The van der Waals surface area contributed by atoms with Crippen LogP contribution in [0, 0.1) is 12.8 Å². The summed E-state index contributed by atoms with van der Waals surface area (Å²) in [5.74, 6) is -1.39. The van der Waals surface area contributed by atoms with E-state index in [0.29, 0.717) is 22.9 Å². The number of nitrogens with zero attached hydrogens (tertiary/aromatic N) is 2. The van der Waals surface area contributed by atoms with Gasteiger partial charge in [0, 0.05) is 18.3 Å². The average molecular weight is 528 g/mol. The third-order valence-corrected chi connectivity index (χ3v) is 6.84. The van der Waals surface area contributed by atoms with Crippen LogP contribution in [0.4, 0.5) is 11.4 Å². The number of ether oxygens (including phenoxy) is 2. The molecule has 0 spiro atoms. The first-order chi connectivity index (χ1) is 18.7. The number of Topliss-reactive ketones (excluding diaryl/α,β-unsaturated/α-hetero) is 1. The van der Waals surface area contributed by atoms with Gasteiger partial charge < -0.3 is 19.7 Å². The molecule has 3 aromatic carbocycles. The lowest BCUT2D eigenvalue weighted by atomic mass is 9.99. The van der Waals surface area contributed by atoms with Gasteiger partial charge >= 0.3 is 0 Å². The van der Waals surface area contributed by atoms with Gasteiger partial charge in [-0.25, -0.2) is 0 Å². The molecular weight excluding hydrogens is 498 g/mol. The summed E-state index contributed by atoms with van der Waals surface area (Å²) in [5, 5.41) is 2.91. The highest BCUT2D eigenvalue weighted by atomic mass is 16.7. The molecule has 2 aliphatic heterocycles. The number of benzene rings is 3. The molecule has 0 saturated carbocycles. The van der Waals surface area contributed by atoms with Crippen LogP contribution in [0.25, 0.3) is 0 Å². The summed E-state index contributed by atoms with van der Waals surface area (Å²) in [5.41, 5.74) is 3.06. The number of amides is 3. The molecule has 0 aromatic heterocycles. The number of nitrogens with one attached hydrogen (secondary N) is 1. The molecule has 1 atom stereocenters. The molecule has 3 amide bonds. The molecule has 1 unspecified atom stereocenters. The minimum atomic E-state index is -0.868. The van der Waals surface area contributed by atoms with Crippen molar-refractivity contribution in [3.05, 3.63) is 83.4 Å². The summed E-state index contributed by atoms with van der Waals surface area (Å²) >= 11 is 0. The topological polar surface area (TPSA) is 105 Å². The Morgan fingerprint density at radius 1 is 0.974 bits per heavy atom. The fourth-order valence-corrected chi connectivity index (χ4v) is 4.86. The van der Waals surface area contributed by atoms with E-state index in [0.717, 1.165) is 11.1 Å². The number of carbonyl (C=O) groups excluding carboxylic acids is 4. The first-order valence-corrected chi connectivity index (χ1v) is 12.7. The van der Waals surface area contributed by atoms with E-state index in [2.05, 4.69) is 5.32 Å². The van der Waals surface area contributed by atoms with Crippen LogP contribution in [0.15, 0.2) is 66.7 Å². The summed E-state index contributed by atoms with van der Waals surface area (Å²) in [6, 6.07) is 18.5. The predicted octanol–water partition coefficient (Wildman–Crippen LogP) is 3.95. The standard InChI is InChI=1S/C30H29N3O6/c1-18(2)27(29(36)31-21-12-13-24-25(14-21)39-17-38-24)33(15-20-10-8-19(3)9-11-20)26(34)16-32-23-7-5-4-6-22(23)28(35)30(32)37/h4-14,18,27H,15-17H2,1-3H3,(H,31,36). The molecule has 9 nitrogen and oxygen atoms in total. The number of hydrogen-bond acceptors (Lipinski definition) is 6. The van der Waals surface area contributed by atoms with Crippen LogP contribution >= 0.6 is 0 Å². The van der Waals surface area contributed by atoms with Gasteiger partial charge in [-0.05, 0) is 42.7 Å². The second-order valence-electron chi connectivity index (χ2n) is 9.99. The van der Waals surface area contributed by atoms with Crippen molar-refractivity contribution < 1.29 is 28.7 Å². The zero-order chi connectivity index (χ0) is 27.7. The Hall–Kier alpha value is -4.66. The Labute approximate surface area is 226 Å². The van der Waals surface area contributed by atoms with Crippen molar-refractivity contribution in [1.82, 2.24) is 4.90 Å². The van der Waals surface area contributed by atoms with Gasteiger partial charge in [-0.2, -0.15) is 0 Å². The number of fused-ring (bicyclic) bond motifs is 2. The number of carbonyl (C=O) groups is 4. The minimum Gasteiger partial charge on any atom is -0.454 e. The fourth-order valence-electron chi connectivity index (χ4n) is 4.86. The largest absolute Gasteiger partial charge is 0.454 e. The quantitative estimate of drug-likeness (QED) is 0.445. The Bertz CT molecular complexity index is 1450. The molecule has 2 aliphatic rings. The number of ketones is 1. The molecule has 39 heavy (non-hydrogen) atoms. The van der Waals surface area contributed by atoms with E-state index in [4.69, 9.17) is 9.47 Å². The minimum absolute atomic E-state index is 0.112. The van der Waals surface area contributed by atoms with Gasteiger partial charge in [-0.15, -0.1) is 0 Å². The lowest BCUT2D eigenvalue weighted by molar-refractivity contribution is -0.140. The predicted molar refractivity (Wildman–Crippen MR) is 145 cm³/mol. The van der Waals surface area contributed by atoms with Crippen LogP contribution in [0.1, 0.15) is 35.3 Å². The third-order valence-electron chi connectivity index (χ3n) is 6.84. The molecule has 9 heteroatoms. The highest BCUT2D eigenvalue weighted by Gasteiger charge is 2.39. The highest BCUT2D eigenvalue weighted by Crippen LogP contribution is 2.34. The summed E-state index contributed by atoms with van der Waals surface area (Å²) < 4.78 is 10.8. The Kier molecular flexibility index (Phi) is 7.06. The molecule has 0 radical (unpaired) electrons. The summed E-state index contributed by atoms with van der Waals surface area (Å²) in [7, 11) is 0. The number of para-hydroxylation sites is 1. The average Bonchev–Trinajstić information content (AvgIpc) is 3.47. The molecule has 200 valence electrons. The Balaban J connectivity index is 1.44. The van der Waals surface area contributed by atoms with Crippen LogP contribution in [-0.2, 0) is 20.9 Å². The van der Waals surface area contributed by atoms with Crippen molar-refractivity contribution in [2.24, 2.45) is 5.92 Å². The molecule has 0 bridgehead atoms. The van der Waals surface area contributed by atoms with Crippen molar-refractivity contribution >= 4 is 34.9 Å². The van der Waals surface area contributed by atoms with E-state index in [1.54, 1.807) is 42.5 Å². The normalized spacial score (nSPS) is 14.4. The molecule has 3 aromatic rings. The molecule has 5 rings (SSSR count). The maximum atomic E-state index is 13.9. The maximum absolute atomic E-state index is 13.9. The van der Waals surface area contributed by atoms with Crippen LogP contribution in [-0.4, -0.2) is 47.8 Å². The van der Waals surface area contributed by atoms with Gasteiger partial charge in [0.25, 0.3) is 11.7 Å². The third kappa shape index (κ3) is 5.20. The second kappa shape index (κ2) is 10.6. The maximum Gasteiger partial charge on any atom is 0.299 e. The zero-order valence-electron chi connectivity index (χ0n) is 22.0. The van der Waals surface area contributed by atoms with Gasteiger partial charge in [0.05, 0.1) is 11.3 Å². The van der Waals surface area contributed by atoms with E-state index in [1.165, 1.54) is 9.80 Å². The van der Waals surface area contributed by atoms with Gasteiger partial charge in [0.1, 0.15) is 12.6 Å². The van der Waals surface area contributed by atoms with E-state index in [9.17, 15) is 19.2 Å². The van der Waals surface area contributed by atoms with Crippen LogP contribution < -0.4 is 19.7 Å². The second-order valence-corrected chi connectivity index (χ2v) is 9.99. The van der Waals surface area contributed by atoms with E-state index in [-0.39, 0.29) is 37.3 Å². The SMILES string of the molecule is Cc1ccc(CN(C(=O)CN2C(=O)C(=O)c3ccccc32)C(C(=O)Nc2ccc3c(c2)OCO3)C(C)C)cc1. The molecule has 0 fully saturated rings. The van der Waals surface area contributed by atoms with Gasteiger partial charge in [0.2, 0.25) is 18.6 Å². The van der Waals surface area contributed by atoms with E-state index in [1.807, 2.05) is 45.0 Å². The summed E-state index contributed by atoms with van der Waals surface area (Å²) in [6.45, 7) is 5.58. The number of hydrogen-bond donors (Lipinski definition) is 1. The van der Waals surface area contributed by atoms with Gasteiger partial charge in [-0.3, -0.25) is 24.1 Å². The summed E-state index contributed by atoms with van der Waals surface area (Å²) in [6.07, 6.45) is 0. The Morgan fingerprint density at radius 3 is 2.44 bits per heavy atom. The van der Waals surface area contributed by atoms with Crippen molar-refractivity contribution in [2.45, 2.75) is 33.4 Å². The molecular formula is C30H29N3O6. The first kappa shape index (κ1) is 26.0. The van der Waals surface area contributed by atoms with Gasteiger partial charge in [-0.1, -0.05) is 55.8 Å². The zero-order valence-corrected chi connectivity index (χ0v) is 22.0. The Morgan fingerprint density at radius 2 is 1.69 bits per heavy atom. The number of aryl methyl sites for hydroxylation is 1. The first-order valence-electron chi connectivity index (χ1n) is 12.7. The molecule has 2 heterocycles. The van der Waals surface area contributed by atoms with Crippen molar-refractivity contribution in [1.29, 1.82) is 0 Å². The monoisotopic (exact) mass is 527 g/mol. The van der Waals surface area contributed by atoms with Crippen LogP contribution in [0.5, 0.6) is 11.5 Å². The van der Waals surface area contributed by atoms with Crippen molar-refractivity contribution in [2.75, 3.05) is 23.6 Å². The van der Waals surface area contributed by atoms with Crippen LogP contribution in [0.2, 0.25) is 0 Å². The van der Waals surface area contributed by atoms with E-state index >= 15 is 0 Å². The van der Waals surface area contributed by atoms with E-state index < -0.39 is 23.6 Å². The highest BCUT2D eigenvalue weighted by molar-refractivity contribution is 6.52. The molecule has 0 aliphatic carbocycles. The van der Waals surface area contributed by atoms with Crippen molar-refractivity contribution in [3.63, 3.8) is 0 Å². The lowest BCUT2D eigenvalue weighted by Gasteiger charge is -2.34.